The lowest BCUT2D eigenvalue weighted by atomic mass is 10.1. The number of hydrogen-bond donors (Lipinski definition) is 2. The van der Waals surface area contributed by atoms with Crippen molar-refractivity contribution >= 4 is 11.9 Å². The number of aromatic nitrogens is 3. The molecular formula is C26H24N4O6. The SMILES string of the molecule is COc1cc(-n2nc(C(=O)NCc3ccc(C(=O)O)cc3)nc2-c2ccccc2)cc(OC)c1OC. The molecule has 0 aliphatic carbocycles. The average Bonchev–Trinajstić information content (AvgIpc) is 3.37. The quantitative estimate of drug-likeness (QED) is 0.366. The minimum absolute atomic E-state index is 0.0373. The summed E-state index contributed by atoms with van der Waals surface area (Å²) >= 11 is 0. The van der Waals surface area contributed by atoms with E-state index in [4.69, 9.17) is 19.3 Å². The molecule has 0 radical (unpaired) electrons. The normalized spacial score (nSPS) is 10.5. The van der Waals surface area contributed by atoms with Gasteiger partial charge in [0.2, 0.25) is 11.6 Å². The van der Waals surface area contributed by atoms with Gasteiger partial charge in [-0.3, -0.25) is 4.79 Å². The van der Waals surface area contributed by atoms with Gasteiger partial charge in [0.15, 0.2) is 17.3 Å². The number of nitrogens with one attached hydrogen (secondary N) is 1. The highest BCUT2D eigenvalue weighted by atomic mass is 16.5. The molecule has 1 amide bonds. The fourth-order valence-electron chi connectivity index (χ4n) is 3.58. The second-order valence-corrected chi connectivity index (χ2v) is 7.61. The van der Waals surface area contributed by atoms with Crippen molar-refractivity contribution in [3.63, 3.8) is 0 Å². The number of amides is 1. The molecule has 0 unspecified atom stereocenters. The highest BCUT2D eigenvalue weighted by Crippen LogP contribution is 2.39. The predicted octanol–water partition coefficient (Wildman–Crippen LogP) is 3.59. The Labute approximate surface area is 207 Å². The molecule has 0 fully saturated rings. The first-order valence-electron chi connectivity index (χ1n) is 10.9. The number of methoxy groups -OCH3 is 3. The molecule has 10 heteroatoms. The molecule has 3 aromatic carbocycles. The van der Waals surface area contributed by atoms with Crippen molar-refractivity contribution in [2.45, 2.75) is 6.54 Å². The summed E-state index contributed by atoms with van der Waals surface area (Å²) in [6, 6.07) is 19.0. The number of carbonyl (C=O) groups excluding carboxylic acids is 1. The molecule has 4 aromatic rings. The van der Waals surface area contributed by atoms with Crippen LogP contribution in [0.5, 0.6) is 17.2 Å². The topological polar surface area (TPSA) is 125 Å². The second kappa shape index (κ2) is 10.6. The Morgan fingerprint density at radius 1 is 0.917 bits per heavy atom. The number of benzene rings is 3. The first-order chi connectivity index (χ1) is 17.4. The molecule has 0 spiro atoms. The first kappa shape index (κ1) is 24.3. The minimum Gasteiger partial charge on any atom is -0.493 e. The van der Waals surface area contributed by atoms with Crippen molar-refractivity contribution in [2.24, 2.45) is 0 Å². The number of hydrogen-bond acceptors (Lipinski definition) is 7. The van der Waals surface area contributed by atoms with E-state index in [1.165, 1.54) is 38.1 Å². The Morgan fingerprint density at radius 3 is 2.11 bits per heavy atom. The predicted molar refractivity (Wildman–Crippen MR) is 131 cm³/mol. The summed E-state index contributed by atoms with van der Waals surface area (Å²) in [5.74, 6) is 0.193. The lowest BCUT2D eigenvalue weighted by Crippen LogP contribution is -2.24. The van der Waals surface area contributed by atoms with Crippen LogP contribution in [0.1, 0.15) is 26.5 Å². The van der Waals surface area contributed by atoms with Gasteiger partial charge in [0.05, 0.1) is 32.6 Å². The van der Waals surface area contributed by atoms with Gasteiger partial charge in [-0.2, -0.15) is 0 Å². The third-order valence-corrected chi connectivity index (χ3v) is 5.39. The van der Waals surface area contributed by atoms with Crippen LogP contribution in [0.4, 0.5) is 0 Å². The third-order valence-electron chi connectivity index (χ3n) is 5.39. The zero-order valence-electron chi connectivity index (χ0n) is 19.9. The maximum Gasteiger partial charge on any atom is 0.335 e. The van der Waals surface area contributed by atoms with Gasteiger partial charge in [0.25, 0.3) is 5.91 Å². The largest absolute Gasteiger partial charge is 0.493 e. The Balaban J connectivity index is 1.69. The van der Waals surface area contributed by atoms with E-state index in [2.05, 4.69) is 15.4 Å². The standard InChI is InChI=1S/C26H24N4O6/c1-34-20-13-19(14-21(35-2)22(20)36-3)30-24(17-7-5-4-6-8-17)28-23(29-30)25(31)27-15-16-9-11-18(12-10-16)26(32)33/h4-14H,15H2,1-3H3,(H,27,31)(H,32,33). The molecular weight excluding hydrogens is 464 g/mol. The molecule has 2 N–H and O–H groups in total. The highest BCUT2D eigenvalue weighted by Gasteiger charge is 2.21. The summed E-state index contributed by atoms with van der Waals surface area (Å²) in [7, 11) is 4.55. The number of carbonyl (C=O) groups is 2. The van der Waals surface area contributed by atoms with Gasteiger partial charge in [-0.05, 0) is 17.7 Å². The van der Waals surface area contributed by atoms with Crippen molar-refractivity contribution in [2.75, 3.05) is 21.3 Å². The zero-order valence-corrected chi connectivity index (χ0v) is 19.9. The van der Waals surface area contributed by atoms with E-state index in [1.807, 2.05) is 30.3 Å². The molecule has 0 aliphatic heterocycles. The lowest BCUT2D eigenvalue weighted by Gasteiger charge is -2.14. The average molecular weight is 489 g/mol. The highest BCUT2D eigenvalue weighted by molar-refractivity contribution is 5.91. The van der Waals surface area contributed by atoms with Crippen LogP contribution in [0, 0.1) is 0 Å². The van der Waals surface area contributed by atoms with E-state index < -0.39 is 11.9 Å². The van der Waals surface area contributed by atoms with Gasteiger partial charge in [-0.25, -0.2) is 14.5 Å². The van der Waals surface area contributed by atoms with Crippen LogP contribution in [0.3, 0.4) is 0 Å². The molecule has 0 aliphatic rings. The molecule has 10 nitrogen and oxygen atoms in total. The maximum atomic E-state index is 13.0. The molecule has 0 atom stereocenters. The number of carboxylic acids is 1. The van der Waals surface area contributed by atoms with Gasteiger partial charge in [0.1, 0.15) is 0 Å². The first-order valence-corrected chi connectivity index (χ1v) is 10.9. The number of carboxylic acid groups (broad SMARTS) is 1. The van der Waals surface area contributed by atoms with E-state index >= 15 is 0 Å². The Morgan fingerprint density at radius 2 is 1.56 bits per heavy atom. The van der Waals surface area contributed by atoms with E-state index in [1.54, 1.807) is 24.3 Å². The molecule has 36 heavy (non-hydrogen) atoms. The third kappa shape index (κ3) is 4.97. The minimum atomic E-state index is -1.01. The van der Waals surface area contributed by atoms with Gasteiger partial charge < -0.3 is 24.6 Å². The summed E-state index contributed by atoms with van der Waals surface area (Å²) in [6.45, 7) is 0.179. The summed E-state index contributed by atoms with van der Waals surface area (Å²) < 4.78 is 17.9. The van der Waals surface area contributed by atoms with Crippen LogP contribution in [0.2, 0.25) is 0 Å². The lowest BCUT2D eigenvalue weighted by molar-refractivity contribution is 0.0696. The summed E-state index contributed by atoms with van der Waals surface area (Å²) in [6.07, 6.45) is 0. The fraction of sp³-hybridized carbons (Fsp3) is 0.154. The van der Waals surface area contributed by atoms with Crippen molar-refractivity contribution in [3.8, 4) is 34.3 Å². The van der Waals surface area contributed by atoms with E-state index in [0.29, 0.717) is 28.8 Å². The molecule has 0 bridgehead atoms. The summed E-state index contributed by atoms with van der Waals surface area (Å²) in [5, 5.41) is 16.3. The monoisotopic (exact) mass is 488 g/mol. The van der Waals surface area contributed by atoms with E-state index in [9.17, 15) is 9.59 Å². The van der Waals surface area contributed by atoms with Gasteiger partial charge in [0, 0.05) is 24.2 Å². The smallest absolute Gasteiger partial charge is 0.335 e. The molecule has 0 saturated heterocycles. The Bertz CT molecular complexity index is 1360. The zero-order chi connectivity index (χ0) is 25.7. The number of nitrogens with zero attached hydrogens (tertiary/aromatic N) is 3. The van der Waals surface area contributed by atoms with E-state index in [0.717, 1.165) is 11.1 Å². The Hall–Kier alpha value is -4.86. The molecule has 1 heterocycles. The number of aromatic carboxylic acids is 1. The van der Waals surface area contributed by atoms with Crippen molar-refractivity contribution < 1.29 is 28.9 Å². The van der Waals surface area contributed by atoms with Gasteiger partial charge in [-0.1, -0.05) is 42.5 Å². The molecule has 4 rings (SSSR count). The molecule has 1 aromatic heterocycles. The fourth-order valence-corrected chi connectivity index (χ4v) is 3.58. The van der Waals surface area contributed by atoms with Crippen LogP contribution in [0.15, 0.2) is 66.7 Å². The van der Waals surface area contributed by atoms with Crippen molar-refractivity contribution in [3.05, 3.63) is 83.7 Å². The van der Waals surface area contributed by atoms with Crippen molar-refractivity contribution in [1.29, 1.82) is 0 Å². The summed E-state index contributed by atoms with van der Waals surface area (Å²) in [4.78, 5) is 28.5. The molecule has 184 valence electrons. The van der Waals surface area contributed by atoms with Crippen LogP contribution in [-0.4, -0.2) is 53.1 Å². The number of rotatable bonds is 9. The van der Waals surface area contributed by atoms with Crippen LogP contribution >= 0.6 is 0 Å². The van der Waals surface area contributed by atoms with Gasteiger partial charge >= 0.3 is 5.97 Å². The Kier molecular flexibility index (Phi) is 7.15. The van der Waals surface area contributed by atoms with Crippen LogP contribution < -0.4 is 19.5 Å². The summed E-state index contributed by atoms with van der Waals surface area (Å²) in [5.41, 5.74) is 2.21. The van der Waals surface area contributed by atoms with Crippen LogP contribution in [-0.2, 0) is 6.54 Å². The number of ether oxygens (including phenoxy) is 3. The maximum absolute atomic E-state index is 13.0. The van der Waals surface area contributed by atoms with Crippen LogP contribution in [0.25, 0.3) is 17.1 Å². The van der Waals surface area contributed by atoms with Crippen molar-refractivity contribution in [1.82, 2.24) is 20.1 Å². The second-order valence-electron chi connectivity index (χ2n) is 7.61. The van der Waals surface area contributed by atoms with Gasteiger partial charge in [-0.15, -0.1) is 5.10 Å². The molecule has 0 saturated carbocycles. The van der Waals surface area contributed by atoms with E-state index in [-0.39, 0.29) is 17.9 Å².